The first-order valence-electron chi connectivity index (χ1n) is 11.9. The van der Waals surface area contributed by atoms with E-state index in [4.69, 9.17) is 17.3 Å². The molecule has 1 heterocycles. The van der Waals surface area contributed by atoms with Gasteiger partial charge in [0.2, 0.25) is 17.7 Å². The molecule has 1 aromatic rings. The van der Waals surface area contributed by atoms with Crippen LogP contribution in [0.2, 0.25) is 5.02 Å². The molecule has 0 aromatic heterocycles. The summed E-state index contributed by atoms with van der Waals surface area (Å²) in [4.78, 5) is 41.0. The third-order valence-corrected chi connectivity index (χ3v) is 9.15. The highest BCUT2D eigenvalue weighted by molar-refractivity contribution is 6.31. The van der Waals surface area contributed by atoms with Crippen LogP contribution in [0.5, 0.6) is 0 Å². The zero-order chi connectivity index (χ0) is 22.7. The summed E-state index contributed by atoms with van der Waals surface area (Å²) in [6.45, 7) is 2.83. The van der Waals surface area contributed by atoms with Crippen LogP contribution in [-0.2, 0) is 20.9 Å². The number of amides is 3. The van der Waals surface area contributed by atoms with Crippen molar-refractivity contribution >= 4 is 29.3 Å². The van der Waals surface area contributed by atoms with Crippen molar-refractivity contribution in [3.63, 3.8) is 0 Å². The summed E-state index contributed by atoms with van der Waals surface area (Å²) in [5.41, 5.74) is 5.24. The van der Waals surface area contributed by atoms with Crippen LogP contribution < -0.4 is 11.1 Å². The first-order chi connectivity index (χ1) is 15.2. The monoisotopic (exact) mass is 457 g/mol. The van der Waals surface area contributed by atoms with E-state index in [0.29, 0.717) is 30.5 Å². The Labute approximate surface area is 194 Å². The predicted octanol–water partition coefficient (Wildman–Crippen LogP) is 3.27. The fourth-order valence-corrected chi connectivity index (χ4v) is 7.44. The zero-order valence-electron chi connectivity index (χ0n) is 18.6. The molecule has 0 radical (unpaired) electrons. The van der Waals surface area contributed by atoms with Gasteiger partial charge in [0.15, 0.2) is 0 Å². The van der Waals surface area contributed by atoms with Gasteiger partial charge in [0.05, 0.1) is 0 Å². The predicted molar refractivity (Wildman–Crippen MR) is 121 cm³/mol. The third-order valence-electron chi connectivity index (χ3n) is 8.78. The second-order valence-electron chi connectivity index (χ2n) is 10.9. The summed E-state index contributed by atoms with van der Waals surface area (Å²) in [6, 6.07) is 7.56. The smallest absolute Gasteiger partial charge is 0.238 e. The van der Waals surface area contributed by atoms with Crippen molar-refractivity contribution in [2.45, 2.75) is 64.5 Å². The van der Waals surface area contributed by atoms with Crippen LogP contribution >= 0.6 is 11.6 Å². The average molecular weight is 458 g/mol. The van der Waals surface area contributed by atoms with Gasteiger partial charge in [-0.3, -0.25) is 14.4 Å². The van der Waals surface area contributed by atoms with Gasteiger partial charge in [-0.1, -0.05) is 29.8 Å². The quantitative estimate of drug-likeness (QED) is 0.664. The van der Waals surface area contributed by atoms with Crippen molar-refractivity contribution in [2.75, 3.05) is 6.54 Å². The van der Waals surface area contributed by atoms with Crippen molar-refractivity contribution in [1.82, 2.24) is 10.2 Å². The van der Waals surface area contributed by atoms with E-state index in [0.717, 1.165) is 44.1 Å². The summed E-state index contributed by atoms with van der Waals surface area (Å²) >= 11 is 6.31. The molecule has 172 valence electrons. The number of hydrogen-bond acceptors (Lipinski definition) is 3. The summed E-state index contributed by atoms with van der Waals surface area (Å²) in [7, 11) is 0. The highest BCUT2D eigenvalue weighted by Gasteiger charge is 2.59. The second-order valence-corrected chi connectivity index (χ2v) is 11.3. The van der Waals surface area contributed by atoms with Gasteiger partial charge in [0.25, 0.3) is 0 Å². The van der Waals surface area contributed by atoms with Crippen molar-refractivity contribution in [1.29, 1.82) is 0 Å². The average Bonchev–Trinajstić information content (AvgIpc) is 2.75. The zero-order valence-corrected chi connectivity index (χ0v) is 19.4. The Morgan fingerprint density at radius 1 is 1.19 bits per heavy atom. The summed E-state index contributed by atoms with van der Waals surface area (Å²) in [5, 5.41) is 3.92. The molecule has 1 aliphatic heterocycles. The lowest BCUT2D eigenvalue weighted by atomic mass is 9.47. The number of rotatable bonds is 5. The van der Waals surface area contributed by atoms with E-state index in [1.165, 1.54) is 0 Å². The Bertz CT molecular complexity index is 950. The minimum atomic E-state index is -1.07. The first-order valence-corrected chi connectivity index (χ1v) is 12.2. The van der Waals surface area contributed by atoms with Crippen molar-refractivity contribution < 1.29 is 14.4 Å². The van der Waals surface area contributed by atoms with Crippen LogP contribution in [0.1, 0.15) is 57.4 Å². The molecular weight excluding hydrogens is 426 g/mol. The van der Waals surface area contributed by atoms with Crippen LogP contribution in [0.25, 0.3) is 0 Å². The minimum absolute atomic E-state index is 0.0371. The fraction of sp³-hybridized carbons (Fsp3) is 0.640. The number of hydrogen-bond donors (Lipinski definition) is 2. The van der Waals surface area contributed by atoms with E-state index >= 15 is 0 Å². The fourth-order valence-electron chi connectivity index (χ4n) is 7.25. The number of piperidine rings is 1. The minimum Gasteiger partial charge on any atom is -0.369 e. The van der Waals surface area contributed by atoms with Gasteiger partial charge in [0, 0.05) is 29.6 Å². The molecule has 32 heavy (non-hydrogen) atoms. The molecule has 0 spiro atoms. The molecule has 6 nitrogen and oxygen atoms in total. The Morgan fingerprint density at radius 2 is 1.88 bits per heavy atom. The SMILES string of the molecule is CC1(C(=O)NC2[C@@H]3CC4C[C@H]2CC(C(N)=O)(C4)C3)CCCN(Cc2ccccc2Cl)C1=O. The van der Waals surface area contributed by atoms with E-state index in [9.17, 15) is 14.4 Å². The molecule has 4 unspecified atom stereocenters. The third kappa shape index (κ3) is 3.42. The highest BCUT2D eigenvalue weighted by Crippen LogP contribution is 2.60. The highest BCUT2D eigenvalue weighted by atomic mass is 35.5. The van der Waals surface area contributed by atoms with Gasteiger partial charge in [-0.25, -0.2) is 0 Å². The van der Waals surface area contributed by atoms with Crippen LogP contribution in [0.15, 0.2) is 24.3 Å². The first kappa shape index (κ1) is 21.7. The second kappa shape index (κ2) is 7.75. The number of benzene rings is 1. The summed E-state index contributed by atoms with van der Waals surface area (Å²) in [6.07, 6.45) is 5.85. The van der Waals surface area contributed by atoms with Gasteiger partial charge in [0.1, 0.15) is 5.41 Å². The van der Waals surface area contributed by atoms with E-state index in [2.05, 4.69) is 5.32 Å². The molecule has 7 heteroatoms. The lowest BCUT2D eigenvalue weighted by molar-refractivity contribution is -0.157. The van der Waals surface area contributed by atoms with E-state index in [1.807, 2.05) is 24.3 Å². The molecule has 1 aromatic carbocycles. The molecule has 4 aliphatic carbocycles. The normalized spacial score (nSPS) is 38.1. The standard InChI is InChI=1S/C25H32ClN3O3/c1-24(7-4-8-29(23(24)32)14-16-5-2-3-6-19(16)26)22(31)28-20-17-9-15-10-18(20)13-25(11-15,12-17)21(27)30/h2-3,5-6,15,17-18,20H,4,7-14H2,1H3,(H2,27,30)(H,28,31)/t15?,17-,18+,20?,24?,25?. The maximum Gasteiger partial charge on any atom is 0.238 e. The maximum atomic E-state index is 13.5. The molecule has 1 saturated heterocycles. The number of likely N-dealkylation sites (tertiary alicyclic amines) is 1. The molecule has 6 rings (SSSR count). The lowest BCUT2D eigenvalue weighted by Crippen LogP contribution is -2.64. The van der Waals surface area contributed by atoms with Gasteiger partial charge in [-0.15, -0.1) is 0 Å². The Balaban J connectivity index is 1.30. The van der Waals surface area contributed by atoms with E-state index in [1.54, 1.807) is 11.8 Å². The number of nitrogens with two attached hydrogens (primary N) is 1. The van der Waals surface area contributed by atoms with Gasteiger partial charge < -0.3 is 16.0 Å². The lowest BCUT2D eigenvalue weighted by Gasteiger charge is -2.59. The largest absolute Gasteiger partial charge is 0.369 e. The van der Waals surface area contributed by atoms with Crippen molar-refractivity contribution in [3.05, 3.63) is 34.9 Å². The van der Waals surface area contributed by atoms with Gasteiger partial charge in [-0.2, -0.15) is 0 Å². The van der Waals surface area contributed by atoms with Crippen LogP contribution in [0.3, 0.4) is 0 Å². The molecule has 3 amide bonds. The summed E-state index contributed by atoms with van der Waals surface area (Å²) < 4.78 is 0. The number of halogens is 1. The summed E-state index contributed by atoms with van der Waals surface area (Å²) in [5.74, 6) is 0.617. The molecular formula is C25H32ClN3O3. The van der Waals surface area contributed by atoms with Crippen molar-refractivity contribution in [2.24, 2.45) is 34.3 Å². The van der Waals surface area contributed by atoms with E-state index in [-0.39, 0.29) is 41.0 Å². The Hall–Kier alpha value is -2.08. The topological polar surface area (TPSA) is 92.5 Å². The van der Waals surface area contributed by atoms with E-state index < -0.39 is 5.41 Å². The number of carbonyl (C=O) groups excluding carboxylic acids is 3. The van der Waals surface area contributed by atoms with Crippen LogP contribution in [-0.4, -0.2) is 35.2 Å². The van der Waals surface area contributed by atoms with Crippen LogP contribution in [0, 0.1) is 28.6 Å². The maximum absolute atomic E-state index is 13.5. The molecule has 3 N–H and O–H groups in total. The van der Waals surface area contributed by atoms with Crippen molar-refractivity contribution in [3.8, 4) is 0 Å². The van der Waals surface area contributed by atoms with Gasteiger partial charge >= 0.3 is 0 Å². The number of primary amides is 1. The molecule has 4 saturated carbocycles. The molecule has 5 aliphatic rings. The molecule has 4 bridgehead atoms. The Morgan fingerprint density at radius 3 is 2.53 bits per heavy atom. The molecule has 5 fully saturated rings. The molecule has 6 atom stereocenters. The number of carbonyl (C=O) groups is 3. The number of nitrogens with zero attached hydrogens (tertiary/aromatic N) is 1. The van der Waals surface area contributed by atoms with Crippen LogP contribution in [0.4, 0.5) is 0 Å². The van der Waals surface area contributed by atoms with Gasteiger partial charge in [-0.05, 0) is 81.3 Å². The Kier molecular flexibility index (Phi) is 5.27. The number of nitrogens with one attached hydrogen (secondary N) is 1.